The molecule has 0 radical (unpaired) electrons. The molecule has 3 rings (SSSR count). The lowest BCUT2D eigenvalue weighted by atomic mass is 10.2. The number of halogens is 1. The number of hydrogen-bond acceptors (Lipinski definition) is 3. The van der Waals surface area contributed by atoms with Crippen LogP contribution < -0.4 is 0 Å². The van der Waals surface area contributed by atoms with Gasteiger partial charge in [-0.05, 0) is 55.0 Å². The molecular formula is C14H11BrN4S. The Morgan fingerprint density at radius 3 is 2.85 bits per heavy atom. The molecule has 0 amide bonds. The van der Waals surface area contributed by atoms with Crippen molar-refractivity contribution in [1.29, 1.82) is 0 Å². The number of aromatic nitrogens is 4. The first-order valence-electron chi connectivity index (χ1n) is 6.00. The normalized spacial score (nSPS) is 10.7. The molecule has 0 fully saturated rings. The van der Waals surface area contributed by atoms with Crippen LogP contribution in [0.2, 0.25) is 0 Å². The van der Waals surface area contributed by atoms with E-state index in [1.165, 1.54) is 0 Å². The molecule has 0 atom stereocenters. The molecule has 4 nitrogen and oxygen atoms in total. The molecule has 0 saturated carbocycles. The van der Waals surface area contributed by atoms with E-state index in [2.05, 4.69) is 43.2 Å². The van der Waals surface area contributed by atoms with Gasteiger partial charge >= 0.3 is 0 Å². The second-order valence-corrected chi connectivity index (χ2v) is 5.72. The quantitative estimate of drug-likeness (QED) is 0.711. The van der Waals surface area contributed by atoms with Gasteiger partial charge in [0.05, 0.1) is 5.69 Å². The lowest BCUT2D eigenvalue weighted by Crippen LogP contribution is -1.98. The Bertz CT molecular complexity index is 787. The van der Waals surface area contributed by atoms with E-state index in [1.807, 2.05) is 29.7 Å². The van der Waals surface area contributed by atoms with Crippen molar-refractivity contribution in [3.8, 4) is 17.1 Å². The number of nitrogens with one attached hydrogen (secondary N) is 1. The van der Waals surface area contributed by atoms with E-state index in [0.717, 1.165) is 27.1 Å². The van der Waals surface area contributed by atoms with Gasteiger partial charge in [-0.2, -0.15) is 5.10 Å². The fourth-order valence-electron chi connectivity index (χ4n) is 2.07. The van der Waals surface area contributed by atoms with Crippen LogP contribution in [-0.4, -0.2) is 19.7 Å². The van der Waals surface area contributed by atoms with Gasteiger partial charge in [-0.15, -0.1) is 0 Å². The van der Waals surface area contributed by atoms with E-state index < -0.39 is 0 Å². The van der Waals surface area contributed by atoms with E-state index in [1.54, 1.807) is 12.4 Å². The monoisotopic (exact) mass is 346 g/mol. The number of nitrogens with zero attached hydrogens (tertiary/aromatic N) is 3. The third kappa shape index (κ3) is 2.44. The molecule has 3 aromatic rings. The SMILES string of the molecule is Cc1cc(Br)cc(-n2c(-c3cccnc3)n[nH]c2=S)c1. The molecule has 0 saturated heterocycles. The van der Waals surface area contributed by atoms with Gasteiger partial charge in [-0.1, -0.05) is 15.9 Å². The Labute approximate surface area is 129 Å². The molecule has 0 unspecified atom stereocenters. The van der Waals surface area contributed by atoms with E-state index in [0.29, 0.717) is 4.77 Å². The van der Waals surface area contributed by atoms with E-state index in [-0.39, 0.29) is 0 Å². The molecular weight excluding hydrogens is 336 g/mol. The fourth-order valence-corrected chi connectivity index (χ4v) is 2.90. The van der Waals surface area contributed by atoms with Crippen molar-refractivity contribution in [1.82, 2.24) is 19.7 Å². The van der Waals surface area contributed by atoms with Crippen LogP contribution in [0, 0.1) is 11.7 Å². The third-order valence-corrected chi connectivity index (χ3v) is 3.61. The zero-order valence-corrected chi connectivity index (χ0v) is 13.1. The molecule has 1 aromatic carbocycles. The van der Waals surface area contributed by atoms with Crippen LogP contribution >= 0.6 is 28.1 Å². The van der Waals surface area contributed by atoms with Gasteiger partial charge < -0.3 is 0 Å². The summed E-state index contributed by atoms with van der Waals surface area (Å²) >= 11 is 8.86. The molecule has 0 spiro atoms. The Hall–Kier alpha value is -1.79. The molecule has 100 valence electrons. The lowest BCUT2D eigenvalue weighted by Gasteiger charge is -2.08. The van der Waals surface area contributed by atoms with Gasteiger partial charge in [0.1, 0.15) is 0 Å². The largest absolute Gasteiger partial charge is 0.268 e. The summed E-state index contributed by atoms with van der Waals surface area (Å²) in [5, 5.41) is 7.16. The highest BCUT2D eigenvalue weighted by Crippen LogP contribution is 2.24. The summed E-state index contributed by atoms with van der Waals surface area (Å²) in [4.78, 5) is 4.13. The maximum atomic E-state index is 5.35. The van der Waals surface area contributed by atoms with E-state index in [4.69, 9.17) is 12.2 Å². The number of aryl methyl sites for hydroxylation is 1. The summed E-state index contributed by atoms with van der Waals surface area (Å²) in [5.74, 6) is 0.751. The summed E-state index contributed by atoms with van der Waals surface area (Å²) in [5.41, 5.74) is 3.03. The maximum Gasteiger partial charge on any atom is 0.200 e. The number of hydrogen-bond donors (Lipinski definition) is 1. The molecule has 0 aliphatic carbocycles. The van der Waals surface area contributed by atoms with Gasteiger partial charge in [0.15, 0.2) is 10.6 Å². The van der Waals surface area contributed by atoms with Crippen LogP contribution in [0.5, 0.6) is 0 Å². The molecule has 0 aliphatic heterocycles. The first kappa shape index (κ1) is 13.2. The number of benzene rings is 1. The summed E-state index contributed by atoms with van der Waals surface area (Å²) in [7, 11) is 0. The summed E-state index contributed by atoms with van der Waals surface area (Å²) in [6.45, 7) is 2.04. The number of rotatable bonds is 2. The second-order valence-electron chi connectivity index (χ2n) is 4.42. The maximum absolute atomic E-state index is 5.35. The number of aromatic amines is 1. The van der Waals surface area contributed by atoms with Crippen LogP contribution in [0.4, 0.5) is 0 Å². The van der Waals surface area contributed by atoms with E-state index in [9.17, 15) is 0 Å². The van der Waals surface area contributed by atoms with Crippen molar-refractivity contribution in [3.63, 3.8) is 0 Å². The van der Waals surface area contributed by atoms with Crippen LogP contribution in [-0.2, 0) is 0 Å². The molecule has 0 bridgehead atoms. The topological polar surface area (TPSA) is 46.5 Å². The van der Waals surface area contributed by atoms with Crippen molar-refractivity contribution < 1.29 is 0 Å². The zero-order chi connectivity index (χ0) is 14.1. The Balaban J connectivity index is 2.24. The predicted octanol–water partition coefficient (Wildman–Crippen LogP) is 4.06. The molecule has 6 heteroatoms. The van der Waals surface area contributed by atoms with Crippen molar-refractivity contribution in [2.75, 3.05) is 0 Å². The van der Waals surface area contributed by atoms with Crippen LogP contribution in [0.25, 0.3) is 17.1 Å². The van der Waals surface area contributed by atoms with Crippen molar-refractivity contribution in [2.24, 2.45) is 0 Å². The van der Waals surface area contributed by atoms with Gasteiger partial charge in [-0.3, -0.25) is 14.6 Å². The zero-order valence-electron chi connectivity index (χ0n) is 10.7. The lowest BCUT2D eigenvalue weighted by molar-refractivity contribution is 1.03. The minimum atomic E-state index is 0.557. The van der Waals surface area contributed by atoms with Gasteiger partial charge in [0.25, 0.3) is 0 Å². The average Bonchev–Trinajstić information content (AvgIpc) is 2.80. The average molecular weight is 347 g/mol. The van der Waals surface area contributed by atoms with Crippen molar-refractivity contribution >= 4 is 28.1 Å². The molecule has 20 heavy (non-hydrogen) atoms. The fraction of sp³-hybridized carbons (Fsp3) is 0.0714. The first-order valence-corrected chi connectivity index (χ1v) is 7.20. The van der Waals surface area contributed by atoms with Gasteiger partial charge in [0, 0.05) is 22.4 Å². The summed E-state index contributed by atoms with van der Waals surface area (Å²) < 4.78 is 3.47. The van der Waals surface area contributed by atoms with Gasteiger partial charge in [-0.25, -0.2) is 0 Å². The van der Waals surface area contributed by atoms with Crippen molar-refractivity contribution in [3.05, 3.63) is 57.5 Å². The molecule has 1 N–H and O–H groups in total. The van der Waals surface area contributed by atoms with Crippen LogP contribution in [0.1, 0.15) is 5.56 Å². The van der Waals surface area contributed by atoms with Crippen molar-refractivity contribution in [2.45, 2.75) is 6.92 Å². The molecule has 0 aliphatic rings. The minimum Gasteiger partial charge on any atom is -0.268 e. The Morgan fingerprint density at radius 2 is 2.15 bits per heavy atom. The molecule has 2 aromatic heterocycles. The Morgan fingerprint density at radius 1 is 1.30 bits per heavy atom. The Kier molecular flexibility index (Phi) is 3.50. The molecule has 2 heterocycles. The van der Waals surface area contributed by atoms with Crippen LogP contribution in [0.3, 0.4) is 0 Å². The van der Waals surface area contributed by atoms with E-state index >= 15 is 0 Å². The second kappa shape index (κ2) is 5.30. The minimum absolute atomic E-state index is 0.557. The predicted molar refractivity (Wildman–Crippen MR) is 84.4 cm³/mol. The standard InChI is InChI=1S/C14H11BrN4S/c1-9-5-11(15)7-12(6-9)19-13(17-18-14(19)20)10-3-2-4-16-8-10/h2-8H,1H3,(H,18,20). The number of H-pyrrole nitrogens is 1. The number of pyridine rings is 1. The van der Waals surface area contributed by atoms with Crippen LogP contribution in [0.15, 0.2) is 47.2 Å². The highest BCUT2D eigenvalue weighted by molar-refractivity contribution is 9.10. The highest BCUT2D eigenvalue weighted by Gasteiger charge is 2.11. The van der Waals surface area contributed by atoms with Gasteiger partial charge in [0.2, 0.25) is 0 Å². The first-order chi connectivity index (χ1) is 9.65. The smallest absolute Gasteiger partial charge is 0.200 e. The summed E-state index contributed by atoms with van der Waals surface area (Å²) in [6, 6.07) is 9.97. The summed E-state index contributed by atoms with van der Waals surface area (Å²) in [6.07, 6.45) is 3.50. The highest BCUT2D eigenvalue weighted by atomic mass is 79.9. The third-order valence-electron chi connectivity index (χ3n) is 2.88.